The van der Waals surface area contributed by atoms with Gasteiger partial charge in [0.2, 0.25) is 0 Å². The fourth-order valence-corrected chi connectivity index (χ4v) is 5.30. The van der Waals surface area contributed by atoms with Crippen LogP contribution in [-0.4, -0.2) is 26.8 Å². The lowest BCUT2D eigenvalue weighted by atomic mass is 9.99. The van der Waals surface area contributed by atoms with Crippen LogP contribution in [0.25, 0.3) is 21.0 Å². The molecule has 5 rings (SSSR count). The molecule has 5 nitrogen and oxygen atoms in total. The molecule has 4 aromatic rings. The predicted molar refractivity (Wildman–Crippen MR) is 124 cm³/mol. The number of hydrogen-bond acceptors (Lipinski definition) is 6. The monoisotopic (exact) mass is 435 g/mol. The molecule has 1 saturated carbocycles. The third-order valence-corrected chi connectivity index (χ3v) is 7.04. The fraction of sp³-hybridized carbons (Fsp3) is 0.261. The molecule has 0 saturated heterocycles. The number of carboxylic acids is 1. The number of nitrogens with zero attached hydrogens (tertiary/aromatic N) is 2. The van der Waals surface area contributed by atoms with Gasteiger partial charge in [0.15, 0.2) is 5.16 Å². The molecule has 7 heteroatoms. The Morgan fingerprint density at radius 3 is 2.73 bits per heavy atom. The van der Waals surface area contributed by atoms with E-state index in [2.05, 4.69) is 46.7 Å². The molecule has 0 aliphatic heterocycles. The van der Waals surface area contributed by atoms with Gasteiger partial charge in [0.25, 0.3) is 0 Å². The van der Waals surface area contributed by atoms with Gasteiger partial charge in [-0.15, -0.1) is 11.3 Å². The van der Waals surface area contributed by atoms with Crippen LogP contribution in [0.15, 0.2) is 53.0 Å². The summed E-state index contributed by atoms with van der Waals surface area (Å²) in [5.74, 6) is 1.41. The van der Waals surface area contributed by atoms with E-state index in [0.717, 1.165) is 21.7 Å². The molecule has 1 fully saturated rings. The Morgan fingerprint density at radius 1 is 1.10 bits per heavy atom. The molecule has 2 aromatic carbocycles. The minimum Gasteiger partial charge on any atom is -0.481 e. The van der Waals surface area contributed by atoms with E-state index in [1.54, 1.807) is 11.3 Å². The number of fused-ring (bicyclic) bond motifs is 2. The number of carboxylic acid groups (broad SMARTS) is 1. The Balaban J connectivity index is 1.47. The van der Waals surface area contributed by atoms with Crippen LogP contribution >= 0.6 is 23.1 Å². The summed E-state index contributed by atoms with van der Waals surface area (Å²) in [6, 6.07) is 15.0. The molecule has 152 valence electrons. The predicted octanol–water partition coefficient (Wildman–Crippen LogP) is 6.42. The standard InChI is InChI=1S/C23H21N3O2S2/c27-20(28)6-3-12-30-23-25-21(18-11-13-29-22(18)26-23)24-19-10-9-15(14-7-8-14)16-4-1-2-5-17(16)19/h1-2,4-5,9-11,13-14H,3,6-8,12H2,(H,27,28)(H,24,25,26). The number of thioether (sulfide) groups is 1. The van der Waals surface area contributed by atoms with Crippen molar-refractivity contribution < 1.29 is 9.90 Å². The Kier molecular flexibility index (Phi) is 5.31. The molecule has 1 aliphatic carbocycles. The molecule has 0 spiro atoms. The maximum absolute atomic E-state index is 10.7. The third kappa shape index (κ3) is 4.00. The van der Waals surface area contributed by atoms with Crippen molar-refractivity contribution in [3.63, 3.8) is 0 Å². The first-order chi connectivity index (χ1) is 14.7. The van der Waals surface area contributed by atoms with Gasteiger partial charge >= 0.3 is 5.97 Å². The summed E-state index contributed by atoms with van der Waals surface area (Å²) in [4.78, 5) is 21.1. The number of carbonyl (C=O) groups is 1. The summed E-state index contributed by atoms with van der Waals surface area (Å²) in [6.07, 6.45) is 3.32. The number of thiophene rings is 1. The molecule has 2 aromatic heterocycles. The van der Waals surface area contributed by atoms with Crippen molar-refractivity contribution in [2.24, 2.45) is 0 Å². The Bertz CT molecular complexity index is 1230. The first-order valence-electron chi connectivity index (χ1n) is 10.1. The third-order valence-electron chi connectivity index (χ3n) is 5.30. The number of hydrogen-bond donors (Lipinski definition) is 2. The summed E-state index contributed by atoms with van der Waals surface area (Å²) >= 11 is 3.09. The number of nitrogens with one attached hydrogen (secondary N) is 1. The second kappa shape index (κ2) is 8.24. The lowest BCUT2D eigenvalue weighted by Crippen LogP contribution is -2.00. The number of benzene rings is 2. The SMILES string of the molecule is O=C(O)CCCSc1nc(Nc2ccc(C3CC3)c3ccccc23)c2ccsc2n1. The van der Waals surface area contributed by atoms with Gasteiger partial charge in [-0.25, -0.2) is 9.97 Å². The zero-order chi connectivity index (χ0) is 20.5. The van der Waals surface area contributed by atoms with E-state index >= 15 is 0 Å². The van der Waals surface area contributed by atoms with E-state index in [0.29, 0.717) is 23.2 Å². The molecule has 1 aliphatic rings. The maximum Gasteiger partial charge on any atom is 0.303 e. The van der Waals surface area contributed by atoms with Crippen LogP contribution in [0.3, 0.4) is 0 Å². The van der Waals surface area contributed by atoms with Crippen molar-refractivity contribution in [3.8, 4) is 0 Å². The normalized spacial score (nSPS) is 13.7. The maximum atomic E-state index is 10.7. The summed E-state index contributed by atoms with van der Waals surface area (Å²) in [5.41, 5.74) is 2.48. The molecule has 0 atom stereocenters. The molecular formula is C23H21N3O2S2. The van der Waals surface area contributed by atoms with Crippen LogP contribution < -0.4 is 5.32 Å². The lowest BCUT2D eigenvalue weighted by Gasteiger charge is -2.14. The van der Waals surface area contributed by atoms with E-state index < -0.39 is 5.97 Å². The van der Waals surface area contributed by atoms with Crippen molar-refractivity contribution in [1.82, 2.24) is 9.97 Å². The van der Waals surface area contributed by atoms with Crippen molar-refractivity contribution in [1.29, 1.82) is 0 Å². The van der Waals surface area contributed by atoms with E-state index in [1.807, 2.05) is 11.4 Å². The highest BCUT2D eigenvalue weighted by Crippen LogP contribution is 2.44. The first-order valence-corrected chi connectivity index (χ1v) is 11.9. The molecule has 0 unspecified atom stereocenters. The Morgan fingerprint density at radius 2 is 1.93 bits per heavy atom. The molecule has 2 N–H and O–H groups in total. The van der Waals surface area contributed by atoms with Gasteiger partial charge in [-0.05, 0) is 53.6 Å². The smallest absolute Gasteiger partial charge is 0.303 e. The first kappa shape index (κ1) is 19.3. The molecule has 0 amide bonds. The van der Waals surface area contributed by atoms with Crippen LogP contribution in [0, 0.1) is 0 Å². The van der Waals surface area contributed by atoms with Gasteiger partial charge in [0.05, 0.1) is 5.39 Å². The largest absolute Gasteiger partial charge is 0.481 e. The summed E-state index contributed by atoms with van der Waals surface area (Å²) < 4.78 is 0. The van der Waals surface area contributed by atoms with E-state index in [4.69, 9.17) is 10.1 Å². The topological polar surface area (TPSA) is 75.1 Å². The minimum atomic E-state index is -0.769. The highest BCUT2D eigenvalue weighted by molar-refractivity contribution is 7.99. The van der Waals surface area contributed by atoms with Crippen LogP contribution in [0.4, 0.5) is 11.5 Å². The molecule has 2 heterocycles. The van der Waals surface area contributed by atoms with Crippen LogP contribution in [0.5, 0.6) is 0 Å². The highest BCUT2D eigenvalue weighted by atomic mass is 32.2. The van der Waals surface area contributed by atoms with Crippen molar-refractivity contribution in [2.75, 3.05) is 11.1 Å². The number of anilines is 2. The molecular weight excluding hydrogens is 414 g/mol. The second-order valence-corrected chi connectivity index (χ2v) is 9.44. The Labute approximate surface area is 182 Å². The highest BCUT2D eigenvalue weighted by Gasteiger charge is 2.25. The van der Waals surface area contributed by atoms with Crippen LogP contribution in [0.1, 0.15) is 37.2 Å². The minimum absolute atomic E-state index is 0.165. The quantitative estimate of drug-likeness (QED) is 0.189. The van der Waals surface area contributed by atoms with Crippen LogP contribution in [0.2, 0.25) is 0 Å². The average Bonchev–Trinajstić information content (AvgIpc) is 3.48. The second-order valence-electron chi connectivity index (χ2n) is 7.49. The molecule has 0 bridgehead atoms. The van der Waals surface area contributed by atoms with E-state index in [1.165, 1.54) is 40.9 Å². The van der Waals surface area contributed by atoms with Gasteiger partial charge in [-0.3, -0.25) is 4.79 Å². The van der Waals surface area contributed by atoms with Gasteiger partial charge in [-0.1, -0.05) is 42.1 Å². The van der Waals surface area contributed by atoms with E-state index in [9.17, 15) is 4.79 Å². The van der Waals surface area contributed by atoms with Gasteiger partial charge in [0, 0.05) is 23.2 Å². The van der Waals surface area contributed by atoms with Crippen molar-refractivity contribution >= 4 is 61.6 Å². The number of rotatable bonds is 8. The molecule has 30 heavy (non-hydrogen) atoms. The van der Waals surface area contributed by atoms with Gasteiger partial charge in [0.1, 0.15) is 10.6 Å². The fourth-order valence-electron chi connectivity index (χ4n) is 3.69. The van der Waals surface area contributed by atoms with E-state index in [-0.39, 0.29) is 6.42 Å². The number of aromatic nitrogens is 2. The zero-order valence-corrected chi connectivity index (χ0v) is 17.9. The van der Waals surface area contributed by atoms with Crippen LogP contribution in [-0.2, 0) is 4.79 Å². The summed E-state index contributed by atoms with van der Waals surface area (Å²) in [6.45, 7) is 0. The number of aliphatic carboxylic acids is 1. The lowest BCUT2D eigenvalue weighted by molar-refractivity contribution is -0.137. The van der Waals surface area contributed by atoms with Crippen molar-refractivity contribution in [2.45, 2.75) is 36.8 Å². The summed E-state index contributed by atoms with van der Waals surface area (Å²) in [7, 11) is 0. The zero-order valence-electron chi connectivity index (χ0n) is 16.3. The molecule has 0 radical (unpaired) electrons. The summed E-state index contributed by atoms with van der Waals surface area (Å²) in [5, 5.41) is 18.6. The van der Waals surface area contributed by atoms with Crippen molar-refractivity contribution in [3.05, 3.63) is 53.4 Å². The van der Waals surface area contributed by atoms with Gasteiger partial charge < -0.3 is 10.4 Å². The van der Waals surface area contributed by atoms with Gasteiger partial charge in [-0.2, -0.15) is 0 Å². The average molecular weight is 436 g/mol. The Hall–Kier alpha value is -2.64.